The number of rotatable bonds is 10. The predicted molar refractivity (Wildman–Crippen MR) is 158 cm³/mol. The van der Waals surface area contributed by atoms with E-state index < -0.39 is 11.2 Å². The highest BCUT2D eigenvalue weighted by atomic mass is 35.5. The number of aryl methyl sites for hydroxylation is 1. The number of nitrogens with one attached hydrogen (secondary N) is 2. The predicted octanol–water partition coefficient (Wildman–Crippen LogP) is 5.76. The number of benzene rings is 1. The second-order valence-electron chi connectivity index (χ2n) is 8.91. The first kappa shape index (κ1) is 28.3. The lowest BCUT2D eigenvalue weighted by Crippen LogP contribution is -2.25. The Hall–Kier alpha value is -3.19. The van der Waals surface area contributed by atoms with E-state index in [1.165, 1.54) is 34.4 Å². The molecule has 9 nitrogen and oxygen atoms in total. The van der Waals surface area contributed by atoms with Crippen LogP contribution in [0.25, 0.3) is 5.69 Å². The molecule has 0 unspecified atom stereocenters. The van der Waals surface area contributed by atoms with Crippen molar-refractivity contribution in [3.05, 3.63) is 73.5 Å². The molecule has 208 valence electrons. The Labute approximate surface area is 248 Å². The van der Waals surface area contributed by atoms with Crippen LogP contribution in [-0.4, -0.2) is 44.4 Å². The van der Waals surface area contributed by atoms with Crippen molar-refractivity contribution in [3.63, 3.8) is 0 Å². The lowest BCUT2D eigenvalue weighted by molar-refractivity contribution is -0.115. The van der Waals surface area contributed by atoms with Crippen molar-refractivity contribution in [2.45, 2.75) is 50.1 Å². The minimum Gasteiger partial charge on any atom is -0.462 e. The van der Waals surface area contributed by atoms with Crippen LogP contribution in [0, 0.1) is 0 Å². The van der Waals surface area contributed by atoms with Crippen molar-refractivity contribution in [1.82, 2.24) is 20.1 Å². The first-order chi connectivity index (χ1) is 19.4. The zero-order valence-electron chi connectivity index (χ0n) is 21.7. The molecule has 0 spiro atoms. The number of aromatic nitrogens is 3. The Balaban J connectivity index is 1.36. The van der Waals surface area contributed by atoms with Gasteiger partial charge in [0.1, 0.15) is 5.00 Å². The molecule has 0 saturated carbocycles. The minimum atomic E-state index is -0.581. The van der Waals surface area contributed by atoms with Crippen LogP contribution in [0.4, 0.5) is 5.00 Å². The fourth-order valence-electron chi connectivity index (χ4n) is 4.36. The molecule has 0 saturated heterocycles. The standard InChI is InChI=1S/C27H26ClN5O4S3/c1-3-37-26(36)22-18-9-5-10-19(18)40-25(22)30-23(34)15(2)39-27-32-31-21(14-29-24(35)20-11-6-12-38-20)33(27)17-8-4-7-16(28)13-17/h4,6-8,11-13,15H,3,5,9-10,14H2,1-2H3,(H,29,35)(H,30,34)/t15-/m1/s1. The van der Waals surface area contributed by atoms with Crippen molar-refractivity contribution in [2.75, 3.05) is 11.9 Å². The smallest absolute Gasteiger partial charge is 0.341 e. The number of amides is 2. The quantitative estimate of drug-likeness (QED) is 0.172. The Morgan fingerprint density at radius 2 is 2.05 bits per heavy atom. The van der Waals surface area contributed by atoms with Crippen molar-refractivity contribution in [3.8, 4) is 5.69 Å². The van der Waals surface area contributed by atoms with E-state index in [4.69, 9.17) is 16.3 Å². The molecule has 0 bridgehead atoms. The van der Waals surface area contributed by atoms with Crippen LogP contribution in [0.5, 0.6) is 0 Å². The van der Waals surface area contributed by atoms with Crippen LogP contribution in [0.3, 0.4) is 0 Å². The monoisotopic (exact) mass is 615 g/mol. The molecule has 0 fully saturated rings. The second-order valence-corrected chi connectivity index (χ2v) is 12.7. The third-order valence-electron chi connectivity index (χ3n) is 6.21. The van der Waals surface area contributed by atoms with Gasteiger partial charge in [-0.25, -0.2) is 4.79 Å². The summed E-state index contributed by atoms with van der Waals surface area (Å²) in [4.78, 5) is 40.3. The number of fused-ring (bicyclic) bond motifs is 1. The number of halogens is 1. The zero-order chi connectivity index (χ0) is 28.2. The summed E-state index contributed by atoms with van der Waals surface area (Å²) in [5, 5.41) is 17.2. The van der Waals surface area contributed by atoms with Crippen molar-refractivity contribution < 1.29 is 19.1 Å². The minimum absolute atomic E-state index is 0.126. The zero-order valence-corrected chi connectivity index (χ0v) is 24.9. The van der Waals surface area contributed by atoms with E-state index in [0.29, 0.717) is 37.1 Å². The fraction of sp³-hybridized carbons (Fsp3) is 0.296. The molecule has 1 aliphatic rings. The van der Waals surface area contributed by atoms with E-state index in [9.17, 15) is 14.4 Å². The second kappa shape index (κ2) is 12.5. The highest BCUT2D eigenvalue weighted by Gasteiger charge is 2.30. The molecule has 1 aliphatic carbocycles. The van der Waals surface area contributed by atoms with Gasteiger partial charge in [0.05, 0.1) is 34.5 Å². The molecular formula is C27H26ClN5O4S3. The summed E-state index contributed by atoms with van der Waals surface area (Å²) in [5.74, 6) is -0.407. The van der Waals surface area contributed by atoms with Crippen molar-refractivity contribution in [2.24, 2.45) is 0 Å². The number of carbonyl (C=O) groups is 3. The van der Waals surface area contributed by atoms with E-state index in [1.807, 2.05) is 23.6 Å². The van der Waals surface area contributed by atoms with Gasteiger partial charge in [0.15, 0.2) is 11.0 Å². The topological polar surface area (TPSA) is 115 Å². The molecule has 2 amide bonds. The van der Waals surface area contributed by atoms with Crippen LogP contribution in [0.2, 0.25) is 5.02 Å². The highest BCUT2D eigenvalue weighted by Crippen LogP contribution is 2.40. The number of esters is 1. The van der Waals surface area contributed by atoms with Crippen LogP contribution < -0.4 is 10.6 Å². The molecule has 3 heterocycles. The fourth-order valence-corrected chi connectivity index (χ4v) is 7.35. The van der Waals surface area contributed by atoms with Crippen LogP contribution in [-0.2, 0) is 28.9 Å². The van der Waals surface area contributed by atoms with Gasteiger partial charge in [0, 0.05) is 9.90 Å². The molecule has 1 atom stereocenters. The van der Waals surface area contributed by atoms with Gasteiger partial charge in [0.2, 0.25) is 5.91 Å². The molecule has 3 aromatic heterocycles. The SMILES string of the molecule is CCOC(=O)c1c(NC(=O)[C@@H](C)Sc2nnc(CNC(=O)c3cccs3)n2-c2cccc(Cl)c2)sc2c1CCC2. The van der Waals surface area contributed by atoms with Gasteiger partial charge >= 0.3 is 5.97 Å². The van der Waals surface area contributed by atoms with E-state index in [2.05, 4.69) is 20.8 Å². The molecule has 0 aliphatic heterocycles. The van der Waals surface area contributed by atoms with E-state index in [-0.39, 0.29) is 25.0 Å². The molecule has 40 heavy (non-hydrogen) atoms. The first-order valence-corrected chi connectivity index (χ1v) is 15.6. The van der Waals surface area contributed by atoms with Gasteiger partial charge < -0.3 is 15.4 Å². The third kappa shape index (κ3) is 6.09. The Bertz CT molecular complexity index is 1550. The molecule has 2 N–H and O–H groups in total. The molecular weight excluding hydrogens is 590 g/mol. The first-order valence-electron chi connectivity index (χ1n) is 12.7. The van der Waals surface area contributed by atoms with Gasteiger partial charge in [-0.05, 0) is 68.3 Å². The molecule has 4 aromatic rings. The van der Waals surface area contributed by atoms with Crippen LogP contribution in [0.1, 0.15) is 56.6 Å². The number of thioether (sulfide) groups is 1. The number of hydrogen-bond acceptors (Lipinski definition) is 9. The summed E-state index contributed by atoms with van der Waals surface area (Å²) in [7, 11) is 0. The third-order valence-corrected chi connectivity index (χ3v) is 9.56. The van der Waals surface area contributed by atoms with Gasteiger partial charge in [-0.3, -0.25) is 14.2 Å². The normalized spacial score (nSPS) is 13.1. The lowest BCUT2D eigenvalue weighted by atomic mass is 10.1. The highest BCUT2D eigenvalue weighted by molar-refractivity contribution is 8.00. The molecule has 5 rings (SSSR count). The Morgan fingerprint density at radius 1 is 1.20 bits per heavy atom. The Morgan fingerprint density at radius 3 is 2.80 bits per heavy atom. The van der Waals surface area contributed by atoms with E-state index in [0.717, 1.165) is 29.7 Å². The summed E-state index contributed by atoms with van der Waals surface area (Å²) in [6, 6.07) is 10.8. The number of carbonyl (C=O) groups excluding carboxylic acids is 3. The van der Waals surface area contributed by atoms with Crippen molar-refractivity contribution in [1.29, 1.82) is 0 Å². The maximum Gasteiger partial charge on any atom is 0.341 e. The van der Waals surface area contributed by atoms with Crippen LogP contribution >= 0.6 is 46.0 Å². The van der Waals surface area contributed by atoms with Crippen LogP contribution in [0.15, 0.2) is 46.9 Å². The molecule has 1 aromatic carbocycles. The van der Waals surface area contributed by atoms with E-state index in [1.54, 1.807) is 36.6 Å². The van der Waals surface area contributed by atoms with Gasteiger partial charge in [-0.2, -0.15) is 0 Å². The van der Waals surface area contributed by atoms with Crippen molar-refractivity contribution >= 4 is 68.8 Å². The summed E-state index contributed by atoms with van der Waals surface area (Å²) in [6.45, 7) is 3.92. The average Bonchev–Trinajstić information content (AvgIpc) is 3.72. The summed E-state index contributed by atoms with van der Waals surface area (Å²) in [6.07, 6.45) is 2.68. The number of nitrogens with zero attached hydrogens (tertiary/aromatic N) is 3. The number of ether oxygens (including phenoxy) is 1. The Kier molecular flexibility index (Phi) is 8.89. The summed E-state index contributed by atoms with van der Waals surface area (Å²) >= 11 is 10.3. The van der Waals surface area contributed by atoms with E-state index >= 15 is 0 Å². The van der Waals surface area contributed by atoms with Gasteiger partial charge in [-0.15, -0.1) is 32.9 Å². The lowest BCUT2D eigenvalue weighted by Gasteiger charge is -2.14. The number of thiophene rings is 2. The summed E-state index contributed by atoms with van der Waals surface area (Å²) < 4.78 is 7.06. The average molecular weight is 616 g/mol. The maximum absolute atomic E-state index is 13.3. The molecule has 0 radical (unpaired) electrons. The number of hydrogen-bond donors (Lipinski definition) is 2. The summed E-state index contributed by atoms with van der Waals surface area (Å²) in [5.41, 5.74) is 2.15. The number of anilines is 1. The molecule has 13 heteroatoms. The largest absolute Gasteiger partial charge is 0.462 e. The van der Waals surface area contributed by atoms with Gasteiger partial charge in [0.25, 0.3) is 5.91 Å². The van der Waals surface area contributed by atoms with Gasteiger partial charge in [-0.1, -0.05) is 35.5 Å². The maximum atomic E-state index is 13.3.